The number of piperidine rings is 2. The van der Waals surface area contributed by atoms with Gasteiger partial charge >= 0.3 is 0 Å². The van der Waals surface area contributed by atoms with E-state index in [1.54, 1.807) is 6.20 Å². The quantitative estimate of drug-likeness (QED) is 0.701. The Bertz CT molecular complexity index is 782. The third kappa shape index (κ3) is 4.33. The summed E-state index contributed by atoms with van der Waals surface area (Å²) in [5, 5.41) is 1.34. The zero-order valence-corrected chi connectivity index (χ0v) is 17.3. The van der Waals surface area contributed by atoms with Crippen molar-refractivity contribution in [3.8, 4) is 0 Å². The van der Waals surface area contributed by atoms with E-state index in [9.17, 15) is 0 Å². The molecule has 3 heterocycles. The van der Waals surface area contributed by atoms with Gasteiger partial charge in [0.2, 0.25) is 0 Å². The summed E-state index contributed by atoms with van der Waals surface area (Å²) < 4.78 is 0. The number of rotatable bonds is 3. The molecule has 2 aliphatic rings. The molecule has 0 N–H and O–H groups in total. The summed E-state index contributed by atoms with van der Waals surface area (Å²) in [4.78, 5) is 13.4. The molecular weight excluding hydrogens is 379 g/mol. The average Bonchev–Trinajstić information content (AvgIpc) is 2.70. The first-order valence-corrected chi connectivity index (χ1v) is 10.6. The number of hydrogen-bond acceptors (Lipinski definition) is 4. The number of aryl methyl sites for hydroxylation is 1. The summed E-state index contributed by atoms with van der Waals surface area (Å²) in [6, 6.07) is 6.44. The van der Waals surface area contributed by atoms with Gasteiger partial charge in [0, 0.05) is 36.9 Å². The van der Waals surface area contributed by atoms with Crippen molar-refractivity contribution in [2.24, 2.45) is 11.8 Å². The molecule has 2 aromatic rings. The lowest BCUT2D eigenvalue weighted by atomic mass is 9.78. The number of halogens is 2. The van der Waals surface area contributed by atoms with Gasteiger partial charge in [-0.25, -0.2) is 4.98 Å². The van der Waals surface area contributed by atoms with Gasteiger partial charge in [0.05, 0.1) is 12.4 Å². The van der Waals surface area contributed by atoms with E-state index in [1.807, 2.05) is 6.20 Å². The highest BCUT2D eigenvalue weighted by atomic mass is 35.5. The van der Waals surface area contributed by atoms with Crippen LogP contribution in [0, 0.1) is 18.8 Å². The Kier molecular flexibility index (Phi) is 5.74. The van der Waals surface area contributed by atoms with Gasteiger partial charge in [0.1, 0.15) is 11.0 Å². The van der Waals surface area contributed by atoms with Crippen LogP contribution in [0.5, 0.6) is 0 Å². The van der Waals surface area contributed by atoms with Crippen LogP contribution in [0.1, 0.15) is 31.2 Å². The maximum atomic E-state index is 6.31. The second kappa shape index (κ2) is 8.24. The fourth-order valence-corrected chi connectivity index (χ4v) is 4.81. The van der Waals surface area contributed by atoms with Gasteiger partial charge in [-0.2, -0.15) is 0 Å². The molecule has 1 aromatic carbocycles. The van der Waals surface area contributed by atoms with Crippen LogP contribution in [-0.2, 0) is 0 Å². The average molecular weight is 405 g/mol. The predicted octanol–water partition coefficient (Wildman–Crippen LogP) is 5.22. The molecule has 0 bridgehead atoms. The summed E-state index contributed by atoms with van der Waals surface area (Å²) >= 11 is 12.3. The fraction of sp³-hybridized carbons (Fsp3) is 0.524. The van der Waals surface area contributed by atoms with Crippen LogP contribution in [0.4, 0.5) is 11.5 Å². The summed E-state index contributed by atoms with van der Waals surface area (Å²) in [7, 11) is 0. The van der Waals surface area contributed by atoms with Crippen molar-refractivity contribution in [2.75, 3.05) is 36.0 Å². The first-order valence-electron chi connectivity index (χ1n) is 9.84. The van der Waals surface area contributed by atoms with Crippen molar-refractivity contribution >= 4 is 34.7 Å². The summed E-state index contributed by atoms with van der Waals surface area (Å²) in [6.45, 7) is 6.41. The van der Waals surface area contributed by atoms with Gasteiger partial charge in [-0.05, 0) is 62.1 Å². The molecule has 2 aliphatic heterocycles. The van der Waals surface area contributed by atoms with Crippen LogP contribution in [0.2, 0.25) is 10.2 Å². The van der Waals surface area contributed by atoms with Crippen molar-refractivity contribution in [3.05, 3.63) is 46.3 Å². The fourth-order valence-electron chi connectivity index (χ4n) is 4.49. The molecule has 0 radical (unpaired) electrons. The van der Waals surface area contributed by atoms with Crippen LogP contribution in [0.25, 0.3) is 0 Å². The minimum Gasteiger partial charge on any atom is -0.371 e. The van der Waals surface area contributed by atoms with Gasteiger partial charge in [-0.1, -0.05) is 29.3 Å². The van der Waals surface area contributed by atoms with Crippen molar-refractivity contribution in [1.82, 2.24) is 9.97 Å². The van der Waals surface area contributed by atoms with E-state index < -0.39 is 0 Å². The molecule has 6 heteroatoms. The van der Waals surface area contributed by atoms with Crippen molar-refractivity contribution in [3.63, 3.8) is 0 Å². The largest absolute Gasteiger partial charge is 0.371 e. The molecule has 2 saturated heterocycles. The first-order chi connectivity index (χ1) is 13.1. The van der Waals surface area contributed by atoms with E-state index in [-0.39, 0.29) is 0 Å². The maximum Gasteiger partial charge on any atom is 0.149 e. The number of hydrogen-bond donors (Lipinski definition) is 0. The minimum atomic E-state index is 0.471. The van der Waals surface area contributed by atoms with E-state index in [0.717, 1.165) is 54.4 Å². The van der Waals surface area contributed by atoms with Gasteiger partial charge < -0.3 is 9.80 Å². The summed E-state index contributed by atoms with van der Waals surface area (Å²) in [5.41, 5.74) is 2.41. The zero-order valence-electron chi connectivity index (χ0n) is 15.7. The normalized spacial score (nSPS) is 19.5. The predicted molar refractivity (Wildman–Crippen MR) is 113 cm³/mol. The van der Waals surface area contributed by atoms with Crippen LogP contribution < -0.4 is 9.80 Å². The third-order valence-electron chi connectivity index (χ3n) is 6.18. The molecule has 4 rings (SSSR count). The number of anilines is 2. The molecule has 144 valence electrons. The third-order valence-corrected chi connectivity index (χ3v) is 6.77. The Balaban J connectivity index is 1.30. The van der Waals surface area contributed by atoms with E-state index >= 15 is 0 Å². The van der Waals surface area contributed by atoms with Crippen LogP contribution >= 0.6 is 23.2 Å². The van der Waals surface area contributed by atoms with Gasteiger partial charge in [0.15, 0.2) is 0 Å². The monoisotopic (exact) mass is 404 g/mol. The molecule has 0 saturated carbocycles. The SMILES string of the molecule is Cc1ccc(N2CCC(C3CCN(c4cncc(Cl)n4)CC3)CC2)cc1Cl. The Hall–Kier alpha value is -1.52. The lowest BCUT2D eigenvalue weighted by Gasteiger charge is -2.41. The lowest BCUT2D eigenvalue weighted by molar-refractivity contribution is 0.233. The Morgan fingerprint density at radius 3 is 2.11 bits per heavy atom. The molecule has 0 spiro atoms. The van der Waals surface area contributed by atoms with Crippen LogP contribution in [0.3, 0.4) is 0 Å². The highest BCUT2D eigenvalue weighted by molar-refractivity contribution is 6.31. The smallest absolute Gasteiger partial charge is 0.149 e. The second-order valence-electron chi connectivity index (χ2n) is 7.78. The molecule has 1 aromatic heterocycles. The molecule has 0 atom stereocenters. The van der Waals surface area contributed by atoms with E-state index in [2.05, 4.69) is 44.9 Å². The van der Waals surface area contributed by atoms with Gasteiger partial charge in [-0.15, -0.1) is 0 Å². The van der Waals surface area contributed by atoms with E-state index in [0.29, 0.717) is 5.15 Å². The zero-order chi connectivity index (χ0) is 18.8. The van der Waals surface area contributed by atoms with Gasteiger partial charge in [-0.3, -0.25) is 4.98 Å². The topological polar surface area (TPSA) is 32.3 Å². The number of benzene rings is 1. The molecule has 4 nitrogen and oxygen atoms in total. The van der Waals surface area contributed by atoms with E-state index in [1.165, 1.54) is 31.4 Å². The molecule has 0 aliphatic carbocycles. The summed E-state index contributed by atoms with van der Waals surface area (Å²) in [5.74, 6) is 2.55. The Morgan fingerprint density at radius 1 is 0.889 bits per heavy atom. The Morgan fingerprint density at radius 2 is 1.52 bits per heavy atom. The first kappa shape index (κ1) is 18.8. The second-order valence-corrected chi connectivity index (χ2v) is 8.58. The Labute approximate surface area is 171 Å². The lowest BCUT2D eigenvalue weighted by Crippen LogP contribution is -2.41. The molecule has 0 amide bonds. The maximum absolute atomic E-state index is 6.31. The van der Waals surface area contributed by atoms with Crippen LogP contribution in [-0.4, -0.2) is 36.1 Å². The number of nitrogens with zero attached hydrogens (tertiary/aromatic N) is 4. The van der Waals surface area contributed by atoms with Crippen molar-refractivity contribution in [1.29, 1.82) is 0 Å². The number of aromatic nitrogens is 2. The van der Waals surface area contributed by atoms with Crippen LogP contribution in [0.15, 0.2) is 30.6 Å². The van der Waals surface area contributed by atoms with E-state index in [4.69, 9.17) is 23.2 Å². The molecule has 0 unspecified atom stereocenters. The highest BCUT2D eigenvalue weighted by Gasteiger charge is 2.30. The molecule has 2 fully saturated rings. The van der Waals surface area contributed by atoms with Crippen molar-refractivity contribution in [2.45, 2.75) is 32.6 Å². The van der Waals surface area contributed by atoms with Gasteiger partial charge in [0.25, 0.3) is 0 Å². The molecule has 27 heavy (non-hydrogen) atoms. The summed E-state index contributed by atoms with van der Waals surface area (Å²) in [6.07, 6.45) is 8.41. The standard InChI is InChI=1S/C21H26Cl2N4/c1-15-2-3-18(12-19(15)22)26-8-4-16(5-9-26)17-6-10-27(11-7-17)21-14-24-13-20(23)25-21/h2-3,12-14,16-17H,4-11H2,1H3. The van der Waals surface area contributed by atoms with Crippen molar-refractivity contribution < 1.29 is 0 Å². The molecular formula is C21H26Cl2N4. The highest BCUT2D eigenvalue weighted by Crippen LogP contribution is 2.35. The minimum absolute atomic E-state index is 0.471.